The van der Waals surface area contributed by atoms with Crippen LogP contribution in [0.15, 0.2) is 47.4 Å². The maximum Gasteiger partial charge on any atom is 0.164 e. The summed E-state index contributed by atoms with van der Waals surface area (Å²) in [6.45, 7) is 4.21. The van der Waals surface area contributed by atoms with Gasteiger partial charge < -0.3 is 0 Å². The summed E-state index contributed by atoms with van der Waals surface area (Å²) in [6, 6.07) is 14.3. The van der Waals surface area contributed by atoms with E-state index < -0.39 is 0 Å². The van der Waals surface area contributed by atoms with Gasteiger partial charge in [-0.1, -0.05) is 42.0 Å². The van der Waals surface area contributed by atoms with Crippen molar-refractivity contribution in [1.29, 1.82) is 0 Å². The van der Waals surface area contributed by atoms with Crippen LogP contribution in [-0.2, 0) is 6.42 Å². The molecule has 20 heavy (non-hydrogen) atoms. The number of hydrogen-bond donors (Lipinski definition) is 0. The Hall–Kier alpha value is -1.54. The summed E-state index contributed by atoms with van der Waals surface area (Å²) in [5.41, 5.74) is 4.66. The molecule has 0 N–H and O–H groups in total. The van der Waals surface area contributed by atoms with E-state index in [0.29, 0.717) is 6.42 Å². The van der Waals surface area contributed by atoms with Crippen LogP contribution in [-0.4, -0.2) is 12.0 Å². The minimum atomic E-state index is 0.231. The molecule has 0 aromatic heterocycles. The summed E-state index contributed by atoms with van der Waals surface area (Å²) in [6.07, 6.45) is 3.39. The van der Waals surface area contributed by atoms with Gasteiger partial charge >= 0.3 is 0 Å². The van der Waals surface area contributed by atoms with Gasteiger partial charge in [0.2, 0.25) is 0 Å². The number of hydrogen-bond acceptors (Lipinski definition) is 2. The number of rotatable bonds is 5. The molecule has 2 aromatic rings. The topological polar surface area (TPSA) is 17.1 Å². The lowest BCUT2D eigenvalue weighted by molar-refractivity contribution is 0.0980. The van der Waals surface area contributed by atoms with Crippen LogP contribution in [0.2, 0.25) is 0 Å². The molecule has 2 heteroatoms. The van der Waals surface area contributed by atoms with Gasteiger partial charge in [0.1, 0.15) is 0 Å². The van der Waals surface area contributed by atoms with Gasteiger partial charge in [0.15, 0.2) is 5.78 Å². The standard InChI is InChI=1S/C18H20OS/c1-13-8-9-15(14(2)12-13)10-11-17(19)16-6-4-5-7-18(16)20-3/h4-9,12H,10-11H2,1-3H3. The molecule has 104 valence electrons. The van der Waals surface area contributed by atoms with Crippen molar-refractivity contribution in [1.82, 2.24) is 0 Å². The molecule has 0 atom stereocenters. The van der Waals surface area contributed by atoms with E-state index in [1.165, 1.54) is 16.7 Å². The van der Waals surface area contributed by atoms with Gasteiger partial charge in [-0.3, -0.25) is 4.79 Å². The van der Waals surface area contributed by atoms with Gasteiger partial charge in [0.25, 0.3) is 0 Å². The van der Waals surface area contributed by atoms with Crippen LogP contribution in [0, 0.1) is 13.8 Å². The van der Waals surface area contributed by atoms with Crippen molar-refractivity contribution >= 4 is 17.5 Å². The summed E-state index contributed by atoms with van der Waals surface area (Å²) in [7, 11) is 0. The summed E-state index contributed by atoms with van der Waals surface area (Å²) < 4.78 is 0. The fraction of sp³-hybridized carbons (Fsp3) is 0.278. The molecule has 0 spiro atoms. The Kier molecular flexibility index (Phi) is 5.02. The Morgan fingerprint density at radius 3 is 2.55 bits per heavy atom. The van der Waals surface area contributed by atoms with Crippen LogP contribution >= 0.6 is 11.8 Å². The van der Waals surface area contributed by atoms with Crippen LogP contribution in [0.3, 0.4) is 0 Å². The van der Waals surface area contributed by atoms with Gasteiger partial charge in [-0.2, -0.15) is 0 Å². The van der Waals surface area contributed by atoms with E-state index in [1.54, 1.807) is 11.8 Å². The molecule has 0 unspecified atom stereocenters. The zero-order valence-electron chi connectivity index (χ0n) is 12.3. The first-order chi connectivity index (χ1) is 9.61. The van der Waals surface area contributed by atoms with E-state index in [-0.39, 0.29) is 5.78 Å². The highest BCUT2D eigenvalue weighted by atomic mass is 32.2. The lowest BCUT2D eigenvalue weighted by Gasteiger charge is -2.08. The summed E-state index contributed by atoms with van der Waals surface area (Å²) in [5, 5.41) is 0. The fourth-order valence-electron chi connectivity index (χ4n) is 2.38. The number of carbonyl (C=O) groups excluding carboxylic acids is 1. The molecule has 0 heterocycles. The molecule has 0 saturated heterocycles. The number of ketones is 1. The number of Topliss-reactive ketones (excluding diaryl/α,β-unsaturated/α-hetero) is 1. The van der Waals surface area contributed by atoms with E-state index in [9.17, 15) is 4.79 Å². The fourth-order valence-corrected chi connectivity index (χ4v) is 3.00. The lowest BCUT2D eigenvalue weighted by atomic mass is 9.98. The van der Waals surface area contributed by atoms with Crippen molar-refractivity contribution in [2.75, 3.05) is 6.26 Å². The average Bonchev–Trinajstić information content (AvgIpc) is 2.46. The molecular formula is C18H20OS. The van der Waals surface area contributed by atoms with Crippen LogP contribution in [0.4, 0.5) is 0 Å². The SMILES string of the molecule is CSc1ccccc1C(=O)CCc1ccc(C)cc1C. The van der Waals surface area contributed by atoms with Gasteiger partial charge in [0.05, 0.1) is 0 Å². The molecule has 0 aliphatic carbocycles. The molecule has 2 rings (SSSR count). The average molecular weight is 284 g/mol. The molecule has 0 amide bonds. The summed E-state index contributed by atoms with van der Waals surface area (Å²) >= 11 is 1.63. The number of benzene rings is 2. The highest BCUT2D eigenvalue weighted by molar-refractivity contribution is 7.98. The zero-order valence-corrected chi connectivity index (χ0v) is 13.1. The lowest BCUT2D eigenvalue weighted by Crippen LogP contribution is -2.03. The molecule has 2 aromatic carbocycles. The number of thioether (sulfide) groups is 1. The number of carbonyl (C=O) groups is 1. The van der Waals surface area contributed by atoms with Crippen molar-refractivity contribution in [2.24, 2.45) is 0 Å². The monoisotopic (exact) mass is 284 g/mol. The quantitative estimate of drug-likeness (QED) is 0.577. The largest absolute Gasteiger partial charge is 0.294 e. The van der Waals surface area contributed by atoms with Crippen LogP contribution in [0.25, 0.3) is 0 Å². The molecule has 0 aliphatic heterocycles. The molecule has 0 radical (unpaired) electrons. The Morgan fingerprint density at radius 2 is 1.85 bits per heavy atom. The molecule has 1 nitrogen and oxygen atoms in total. The maximum atomic E-state index is 12.4. The van der Waals surface area contributed by atoms with Crippen LogP contribution in [0.5, 0.6) is 0 Å². The Morgan fingerprint density at radius 1 is 1.10 bits per heavy atom. The molecule has 0 saturated carbocycles. The van der Waals surface area contributed by atoms with Gasteiger partial charge in [-0.15, -0.1) is 11.8 Å². The second-order valence-electron chi connectivity index (χ2n) is 5.05. The second-order valence-corrected chi connectivity index (χ2v) is 5.90. The smallest absolute Gasteiger partial charge is 0.164 e. The Labute approximate surface area is 125 Å². The van der Waals surface area contributed by atoms with Crippen molar-refractivity contribution in [3.63, 3.8) is 0 Å². The van der Waals surface area contributed by atoms with E-state index in [0.717, 1.165) is 16.9 Å². The third-order valence-corrected chi connectivity index (χ3v) is 4.32. The molecule has 0 fully saturated rings. The van der Waals surface area contributed by atoms with Crippen molar-refractivity contribution < 1.29 is 4.79 Å². The minimum Gasteiger partial charge on any atom is -0.294 e. The van der Waals surface area contributed by atoms with E-state index in [2.05, 4.69) is 32.0 Å². The maximum absolute atomic E-state index is 12.4. The normalized spacial score (nSPS) is 10.6. The first kappa shape index (κ1) is 14.9. The van der Waals surface area contributed by atoms with Gasteiger partial charge in [-0.05, 0) is 43.7 Å². The zero-order chi connectivity index (χ0) is 14.5. The minimum absolute atomic E-state index is 0.231. The number of aryl methyl sites for hydroxylation is 3. The van der Waals surface area contributed by atoms with E-state index >= 15 is 0 Å². The molecule has 0 aliphatic rings. The highest BCUT2D eigenvalue weighted by Crippen LogP contribution is 2.22. The third kappa shape index (κ3) is 3.51. The predicted molar refractivity (Wildman–Crippen MR) is 86.8 cm³/mol. The van der Waals surface area contributed by atoms with Crippen molar-refractivity contribution in [3.05, 3.63) is 64.7 Å². The predicted octanol–water partition coefficient (Wildman–Crippen LogP) is 4.84. The highest BCUT2D eigenvalue weighted by Gasteiger charge is 2.11. The van der Waals surface area contributed by atoms with Crippen molar-refractivity contribution in [2.45, 2.75) is 31.6 Å². The molecule has 0 bridgehead atoms. The summed E-state index contributed by atoms with van der Waals surface area (Å²) in [5.74, 6) is 0.231. The van der Waals surface area contributed by atoms with Gasteiger partial charge in [-0.25, -0.2) is 0 Å². The van der Waals surface area contributed by atoms with E-state index in [4.69, 9.17) is 0 Å². The van der Waals surface area contributed by atoms with Crippen LogP contribution in [0.1, 0.15) is 33.5 Å². The van der Waals surface area contributed by atoms with Crippen molar-refractivity contribution in [3.8, 4) is 0 Å². The third-order valence-electron chi connectivity index (χ3n) is 3.53. The van der Waals surface area contributed by atoms with E-state index in [1.807, 2.05) is 30.5 Å². The molecular weight excluding hydrogens is 264 g/mol. The first-order valence-corrected chi connectivity index (χ1v) is 8.06. The summed E-state index contributed by atoms with van der Waals surface area (Å²) in [4.78, 5) is 13.4. The van der Waals surface area contributed by atoms with Gasteiger partial charge in [0, 0.05) is 16.9 Å². The van der Waals surface area contributed by atoms with Crippen LogP contribution < -0.4 is 0 Å². The second kappa shape index (κ2) is 6.76. The first-order valence-electron chi connectivity index (χ1n) is 6.84. The Bertz CT molecular complexity index is 617. The Balaban J connectivity index is 2.09.